The molecule has 242 valence electrons. The molecule has 0 heterocycles. The van der Waals surface area contributed by atoms with Gasteiger partial charge in [0.25, 0.3) is 0 Å². The Morgan fingerprint density at radius 2 is 1.24 bits per heavy atom. The molecule has 0 spiro atoms. The highest BCUT2D eigenvalue weighted by atomic mass is 35.5. The first-order valence-corrected chi connectivity index (χ1v) is 16.1. The van der Waals surface area contributed by atoms with Crippen LogP contribution in [-0.2, 0) is 11.2 Å². The molecule has 5 nitrogen and oxygen atoms in total. The van der Waals surface area contributed by atoms with E-state index in [9.17, 15) is 18.4 Å². The summed E-state index contributed by atoms with van der Waals surface area (Å²) in [7, 11) is 0. The summed E-state index contributed by atoms with van der Waals surface area (Å²) in [6.07, 6.45) is 5.59. The molecule has 4 rings (SSSR count). The molecule has 46 heavy (non-hydrogen) atoms. The smallest absolute Gasteiger partial charge is 0.357 e. The van der Waals surface area contributed by atoms with Gasteiger partial charge in [-0.05, 0) is 96.1 Å². The van der Waals surface area contributed by atoms with Crippen molar-refractivity contribution >= 4 is 23.5 Å². The number of ether oxygens (including phenoxy) is 3. The minimum Gasteiger partial charge on any atom is -0.494 e. The predicted octanol–water partition coefficient (Wildman–Crippen LogP) is 10.3. The van der Waals surface area contributed by atoms with Crippen molar-refractivity contribution in [2.45, 2.75) is 69.8 Å². The molecule has 4 aromatic carbocycles. The van der Waals surface area contributed by atoms with E-state index in [0.717, 1.165) is 28.9 Å². The summed E-state index contributed by atoms with van der Waals surface area (Å²) in [5.41, 5.74) is 3.11. The molecule has 0 aliphatic heterocycles. The van der Waals surface area contributed by atoms with Crippen molar-refractivity contribution < 1.29 is 32.6 Å². The Morgan fingerprint density at radius 3 is 1.87 bits per heavy atom. The number of esters is 2. The van der Waals surface area contributed by atoms with Crippen LogP contribution in [0.15, 0.2) is 103 Å². The third-order valence-electron chi connectivity index (χ3n) is 7.53. The maximum Gasteiger partial charge on any atom is 0.357 e. The summed E-state index contributed by atoms with van der Waals surface area (Å²) in [4.78, 5) is 25.3. The minimum absolute atomic E-state index is 0.0219. The molecule has 0 radical (unpaired) electrons. The number of halogens is 3. The van der Waals surface area contributed by atoms with Crippen LogP contribution < -0.4 is 9.47 Å². The molecule has 0 amide bonds. The SMILES string of the molecule is CCCCCCCCOc1ccc(-c2ccc(C(=O)Oc3ccc(C(=O)OC(CCc4ccccc4)C(F)(F)Cl)cc3)cc2)cc1. The zero-order chi connectivity index (χ0) is 32.8. The van der Waals surface area contributed by atoms with E-state index in [1.54, 1.807) is 36.4 Å². The van der Waals surface area contributed by atoms with Crippen LogP contribution in [0.3, 0.4) is 0 Å². The molecular weight excluding hydrogens is 610 g/mol. The number of carbonyl (C=O) groups is 2. The average Bonchev–Trinajstić information content (AvgIpc) is 3.07. The second-order valence-electron chi connectivity index (χ2n) is 11.1. The van der Waals surface area contributed by atoms with Gasteiger partial charge in [-0.25, -0.2) is 9.59 Å². The zero-order valence-corrected chi connectivity index (χ0v) is 26.7. The van der Waals surface area contributed by atoms with Gasteiger partial charge in [-0.2, -0.15) is 8.78 Å². The summed E-state index contributed by atoms with van der Waals surface area (Å²) >= 11 is 5.25. The molecule has 1 atom stereocenters. The second-order valence-corrected chi connectivity index (χ2v) is 11.6. The van der Waals surface area contributed by atoms with Crippen molar-refractivity contribution in [1.82, 2.24) is 0 Å². The van der Waals surface area contributed by atoms with Gasteiger partial charge in [0, 0.05) is 0 Å². The first kappa shape index (κ1) is 34.6. The summed E-state index contributed by atoms with van der Waals surface area (Å²) in [5, 5.41) is -3.74. The molecule has 0 aliphatic rings. The van der Waals surface area contributed by atoms with E-state index in [2.05, 4.69) is 6.92 Å². The lowest BCUT2D eigenvalue weighted by Crippen LogP contribution is -2.33. The van der Waals surface area contributed by atoms with Crippen LogP contribution in [0.1, 0.15) is 78.1 Å². The van der Waals surface area contributed by atoms with Gasteiger partial charge in [0.15, 0.2) is 6.10 Å². The fourth-order valence-electron chi connectivity index (χ4n) is 4.87. The van der Waals surface area contributed by atoms with E-state index >= 15 is 0 Å². The summed E-state index contributed by atoms with van der Waals surface area (Å²) in [5.74, 6) is -0.519. The molecule has 0 saturated heterocycles. The Kier molecular flexibility index (Phi) is 13.1. The molecule has 0 saturated carbocycles. The van der Waals surface area contributed by atoms with Gasteiger partial charge in [-0.15, -0.1) is 0 Å². The van der Waals surface area contributed by atoms with Gasteiger partial charge < -0.3 is 14.2 Å². The highest BCUT2D eigenvalue weighted by Crippen LogP contribution is 2.30. The number of hydrogen-bond donors (Lipinski definition) is 0. The lowest BCUT2D eigenvalue weighted by molar-refractivity contribution is -0.0618. The van der Waals surface area contributed by atoms with Crippen molar-refractivity contribution in [3.8, 4) is 22.6 Å². The van der Waals surface area contributed by atoms with Crippen molar-refractivity contribution in [1.29, 1.82) is 0 Å². The second kappa shape index (κ2) is 17.5. The van der Waals surface area contributed by atoms with Crippen molar-refractivity contribution in [3.05, 3.63) is 120 Å². The molecule has 8 heteroatoms. The molecule has 0 aliphatic carbocycles. The average molecular weight is 649 g/mol. The summed E-state index contributed by atoms with van der Waals surface area (Å²) in [6.45, 7) is 2.92. The first-order valence-electron chi connectivity index (χ1n) is 15.7. The first-order chi connectivity index (χ1) is 22.2. The standard InChI is InChI=1S/C38H39ClF2O5/c1-2-3-4-5-6-10-27-44-33-22-18-30(19-23-33)29-14-16-31(17-15-29)36(42)45-34-24-20-32(21-25-34)37(43)46-35(38(39,40)41)26-13-28-11-8-7-9-12-28/h7-9,11-12,14-25,35H,2-6,10,13,26-27H2,1H3. The van der Waals surface area contributed by atoms with Crippen molar-refractivity contribution in [3.63, 3.8) is 0 Å². The van der Waals surface area contributed by atoms with E-state index in [-0.39, 0.29) is 24.2 Å². The van der Waals surface area contributed by atoms with Gasteiger partial charge in [-0.1, -0.05) is 93.6 Å². The van der Waals surface area contributed by atoms with E-state index in [1.807, 2.05) is 42.5 Å². The number of rotatable bonds is 17. The number of carbonyl (C=O) groups excluding carboxylic acids is 2. The summed E-state index contributed by atoms with van der Waals surface area (Å²) < 4.78 is 44.4. The van der Waals surface area contributed by atoms with Crippen LogP contribution in [0.5, 0.6) is 11.5 Å². The maximum absolute atomic E-state index is 14.0. The normalized spacial score (nSPS) is 11.9. The fourth-order valence-corrected chi connectivity index (χ4v) is 5.02. The Labute approximate surface area is 274 Å². The molecule has 0 aromatic heterocycles. The van der Waals surface area contributed by atoms with Gasteiger partial charge in [0.05, 0.1) is 17.7 Å². The number of unbranched alkanes of at least 4 members (excludes halogenated alkanes) is 5. The fraction of sp³-hybridized carbons (Fsp3) is 0.316. The minimum atomic E-state index is -3.74. The lowest BCUT2D eigenvalue weighted by Gasteiger charge is -2.22. The van der Waals surface area contributed by atoms with Gasteiger partial charge in [-0.3, -0.25) is 0 Å². The topological polar surface area (TPSA) is 61.8 Å². The van der Waals surface area contributed by atoms with Crippen LogP contribution >= 0.6 is 11.6 Å². The van der Waals surface area contributed by atoms with Crippen LogP contribution in [0.25, 0.3) is 11.1 Å². The molecular formula is C38H39ClF2O5. The third-order valence-corrected chi connectivity index (χ3v) is 7.77. The summed E-state index contributed by atoms with van der Waals surface area (Å²) in [6, 6.07) is 29.4. The Bertz CT molecular complexity index is 1500. The Morgan fingerprint density at radius 1 is 0.696 bits per heavy atom. The highest BCUT2D eigenvalue weighted by molar-refractivity contribution is 6.22. The van der Waals surface area contributed by atoms with Gasteiger partial charge in [0.2, 0.25) is 0 Å². The van der Waals surface area contributed by atoms with E-state index in [1.165, 1.54) is 56.4 Å². The highest BCUT2D eigenvalue weighted by Gasteiger charge is 2.40. The predicted molar refractivity (Wildman–Crippen MR) is 177 cm³/mol. The lowest BCUT2D eigenvalue weighted by atomic mass is 10.0. The Hall–Kier alpha value is -4.23. The van der Waals surface area contributed by atoms with Gasteiger partial charge in [0.1, 0.15) is 11.5 Å². The molecule has 0 N–H and O–H groups in total. The monoisotopic (exact) mass is 648 g/mol. The van der Waals surface area contributed by atoms with Crippen molar-refractivity contribution in [2.24, 2.45) is 0 Å². The molecule has 0 bridgehead atoms. The largest absolute Gasteiger partial charge is 0.494 e. The van der Waals surface area contributed by atoms with E-state index in [4.69, 9.17) is 25.8 Å². The number of hydrogen-bond acceptors (Lipinski definition) is 5. The number of aryl methyl sites for hydroxylation is 1. The van der Waals surface area contributed by atoms with Crippen LogP contribution in [0.4, 0.5) is 8.78 Å². The maximum atomic E-state index is 14.0. The third kappa shape index (κ3) is 11.0. The van der Waals surface area contributed by atoms with E-state index in [0.29, 0.717) is 12.2 Å². The molecule has 4 aromatic rings. The Balaban J connectivity index is 1.26. The van der Waals surface area contributed by atoms with Crippen LogP contribution in [-0.4, -0.2) is 30.0 Å². The van der Waals surface area contributed by atoms with Crippen molar-refractivity contribution in [2.75, 3.05) is 6.61 Å². The van der Waals surface area contributed by atoms with E-state index < -0.39 is 23.4 Å². The molecule has 1 unspecified atom stereocenters. The van der Waals surface area contributed by atoms with Crippen LogP contribution in [0.2, 0.25) is 0 Å². The number of alkyl halides is 3. The quantitative estimate of drug-likeness (QED) is 0.0493. The van der Waals surface area contributed by atoms with Crippen LogP contribution in [0, 0.1) is 0 Å². The molecule has 0 fully saturated rings. The van der Waals surface area contributed by atoms with Gasteiger partial charge >= 0.3 is 17.3 Å². The number of benzene rings is 4. The zero-order valence-electron chi connectivity index (χ0n) is 25.9.